The third-order valence-electron chi connectivity index (χ3n) is 4.39. The lowest BCUT2D eigenvalue weighted by Gasteiger charge is -2.26. The van der Waals surface area contributed by atoms with Crippen LogP contribution in [0.5, 0.6) is 0 Å². The van der Waals surface area contributed by atoms with Crippen LogP contribution in [0.1, 0.15) is 61.4 Å². The smallest absolute Gasteiger partial charge is 0.335 e. The summed E-state index contributed by atoms with van der Waals surface area (Å²) in [6, 6.07) is 7.36. The quantitative estimate of drug-likeness (QED) is 0.844. The highest BCUT2D eigenvalue weighted by molar-refractivity contribution is 5.87. The second-order valence-electron chi connectivity index (χ2n) is 6.02. The molecule has 0 heterocycles. The van der Waals surface area contributed by atoms with Crippen molar-refractivity contribution in [3.8, 4) is 0 Å². The second-order valence-corrected chi connectivity index (χ2v) is 6.02. The molecule has 19 heavy (non-hydrogen) atoms. The fourth-order valence-electron chi connectivity index (χ4n) is 3.07. The number of carboxylic acid groups (broad SMARTS) is 1. The molecule has 1 fully saturated rings. The predicted molar refractivity (Wildman–Crippen MR) is 77.5 cm³/mol. The van der Waals surface area contributed by atoms with Crippen LogP contribution in [-0.4, -0.2) is 11.1 Å². The van der Waals surface area contributed by atoms with Crippen LogP contribution in [0.4, 0.5) is 0 Å². The van der Waals surface area contributed by atoms with Gasteiger partial charge in [-0.05, 0) is 42.4 Å². The molecular weight excluding hydrogens is 236 g/mol. The van der Waals surface area contributed by atoms with Crippen molar-refractivity contribution in [2.24, 2.45) is 11.8 Å². The van der Waals surface area contributed by atoms with Crippen LogP contribution in [0.3, 0.4) is 0 Å². The molecule has 1 aromatic carbocycles. The van der Waals surface area contributed by atoms with E-state index in [0.717, 1.165) is 23.8 Å². The monoisotopic (exact) mass is 260 g/mol. The molecule has 0 unspecified atom stereocenters. The first kappa shape index (κ1) is 14.1. The Labute approximate surface area is 115 Å². The Morgan fingerprint density at radius 2 is 2.00 bits per heavy atom. The van der Waals surface area contributed by atoms with Crippen LogP contribution in [0.25, 0.3) is 0 Å². The van der Waals surface area contributed by atoms with Crippen molar-refractivity contribution < 1.29 is 9.90 Å². The molecule has 2 heteroatoms. The van der Waals surface area contributed by atoms with Gasteiger partial charge >= 0.3 is 5.97 Å². The average molecular weight is 260 g/mol. The summed E-state index contributed by atoms with van der Waals surface area (Å²) in [6.45, 7) is 2.35. The molecule has 104 valence electrons. The number of carboxylic acids is 1. The summed E-state index contributed by atoms with van der Waals surface area (Å²) in [5.41, 5.74) is 1.56. The molecule has 0 saturated heterocycles. The Hall–Kier alpha value is -1.31. The van der Waals surface area contributed by atoms with Gasteiger partial charge in [-0.2, -0.15) is 0 Å². The van der Waals surface area contributed by atoms with Gasteiger partial charge in [-0.3, -0.25) is 0 Å². The second kappa shape index (κ2) is 6.74. The van der Waals surface area contributed by atoms with E-state index in [0.29, 0.717) is 5.56 Å². The highest BCUT2D eigenvalue weighted by atomic mass is 16.4. The van der Waals surface area contributed by atoms with Gasteiger partial charge in [0.2, 0.25) is 0 Å². The lowest BCUT2D eigenvalue weighted by atomic mass is 9.80. The van der Waals surface area contributed by atoms with E-state index < -0.39 is 5.97 Å². The maximum atomic E-state index is 10.9. The van der Waals surface area contributed by atoms with Crippen LogP contribution >= 0.6 is 0 Å². The summed E-state index contributed by atoms with van der Waals surface area (Å²) >= 11 is 0. The van der Waals surface area contributed by atoms with E-state index in [2.05, 4.69) is 6.92 Å². The first-order valence-corrected chi connectivity index (χ1v) is 7.47. The van der Waals surface area contributed by atoms with Crippen molar-refractivity contribution in [3.63, 3.8) is 0 Å². The van der Waals surface area contributed by atoms with Gasteiger partial charge in [0.1, 0.15) is 0 Å². The normalized spacial score (nSPS) is 23.2. The highest BCUT2D eigenvalue weighted by Crippen LogP contribution is 2.31. The largest absolute Gasteiger partial charge is 0.478 e. The van der Waals surface area contributed by atoms with Gasteiger partial charge in [-0.1, -0.05) is 51.2 Å². The van der Waals surface area contributed by atoms with Crippen LogP contribution in [-0.2, 0) is 6.42 Å². The topological polar surface area (TPSA) is 37.3 Å². The number of hydrogen-bond acceptors (Lipinski definition) is 1. The van der Waals surface area contributed by atoms with Crippen LogP contribution in [0, 0.1) is 11.8 Å². The summed E-state index contributed by atoms with van der Waals surface area (Å²) in [5, 5.41) is 8.96. The molecule has 0 spiro atoms. The van der Waals surface area contributed by atoms with E-state index in [1.54, 1.807) is 6.07 Å². The summed E-state index contributed by atoms with van der Waals surface area (Å²) in [5.74, 6) is 0.991. The van der Waals surface area contributed by atoms with E-state index in [1.807, 2.05) is 18.2 Å². The minimum Gasteiger partial charge on any atom is -0.478 e. The third-order valence-corrected chi connectivity index (χ3v) is 4.39. The summed E-state index contributed by atoms with van der Waals surface area (Å²) in [6.07, 6.45) is 9.03. The molecular formula is C17H24O2. The molecule has 1 N–H and O–H groups in total. The van der Waals surface area contributed by atoms with Crippen molar-refractivity contribution in [2.75, 3.05) is 0 Å². The molecule has 2 rings (SSSR count). The molecule has 1 aliphatic carbocycles. The molecule has 0 bridgehead atoms. The number of aromatic carboxylic acids is 1. The SMILES string of the molecule is CC1CCC(CCCc2cccc(C(=O)O)c2)CC1. The number of aryl methyl sites for hydroxylation is 1. The molecule has 0 radical (unpaired) electrons. The molecule has 1 aromatic rings. The molecule has 2 nitrogen and oxygen atoms in total. The van der Waals surface area contributed by atoms with Crippen molar-refractivity contribution in [1.29, 1.82) is 0 Å². The lowest BCUT2D eigenvalue weighted by Crippen LogP contribution is -2.12. The summed E-state index contributed by atoms with van der Waals surface area (Å²) < 4.78 is 0. The number of rotatable bonds is 5. The molecule has 1 aliphatic rings. The minimum atomic E-state index is -0.830. The maximum Gasteiger partial charge on any atom is 0.335 e. The van der Waals surface area contributed by atoms with Crippen molar-refractivity contribution in [1.82, 2.24) is 0 Å². The minimum absolute atomic E-state index is 0.406. The fraction of sp³-hybridized carbons (Fsp3) is 0.588. The fourth-order valence-corrected chi connectivity index (χ4v) is 3.07. The highest BCUT2D eigenvalue weighted by Gasteiger charge is 2.17. The summed E-state index contributed by atoms with van der Waals surface area (Å²) in [4.78, 5) is 10.9. The van der Waals surface area contributed by atoms with Gasteiger partial charge in [-0.25, -0.2) is 4.79 Å². The van der Waals surface area contributed by atoms with Crippen molar-refractivity contribution in [3.05, 3.63) is 35.4 Å². The molecule has 0 atom stereocenters. The molecule has 1 saturated carbocycles. The average Bonchev–Trinajstić information content (AvgIpc) is 2.41. The maximum absolute atomic E-state index is 10.9. The predicted octanol–water partition coefficient (Wildman–Crippen LogP) is 4.53. The van der Waals surface area contributed by atoms with Crippen molar-refractivity contribution >= 4 is 5.97 Å². The summed E-state index contributed by atoms with van der Waals surface area (Å²) in [7, 11) is 0. The van der Waals surface area contributed by atoms with Crippen LogP contribution in [0.15, 0.2) is 24.3 Å². The van der Waals surface area contributed by atoms with Gasteiger partial charge in [0.15, 0.2) is 0 Å². The van der Waals surface area contributed by atoms with Crippen molar-refractivity contribution in [2.45, 2.75) is 51.9 Å². The zero-order chi connectivity index (χ0) is 13.7. The van der Waals surface area contributed by atoms with Gasteiger partial charge in [-0.15, -0.1) is 0 Å². The number of carbonyl (C=O) groups is 1. The van der Waals surface area contributed by atoms with Gasteiger partial charge in [0.25, 0.3) is 0 Å². The number of benzene rings is 1. The van der Waals surface area contributed by atoms with Gasteiger partial charge < -0.3 is 5.11 Å². The Bertz CT molecular complexity index is 417. The van der Waals surface area contributed by atoms with E-state index in [4.69, 9.17) is 5.11 Å². The Morgan fingerprint density at radius 1 is 1.26 bits per heavy atom. The van der Waals surface area contributed by atoms with E-state index in [1.165, 1.54) is 38.5 Å². The van der Waals surface area contributed by atoms with E-state index >= 15 is 0 Å². The number of hydrogen-bond donors (Lipinski definition) is 1. The van der Waals surface area contributed by atoms with Crippen LogP contribution < -0.4 is 0 Å². The zero-order valence-corrected chi connectivity index (χ0v) is 11.8. The lowest BCUT2D eigenvalue weighted by molar-refractivity contribution is 0.0696. The zero-order valence-electron chi connectivity index (χ0n) is 11.8. The standard InChI is InChI=1S/C17H24O2/c1-13-8-10-14(11-9-13)4-2-5-15-6-3-7-16(12-15)17(18)19/h3,6-7,12-14H,2,4-5,8-11H2,1H3,(H,18,19). The van der Waals surface area contributed by atoms with Gasteiger partial charge in [0, 0.05) is 0 Å². The molecule has 0 aliphatic heterocycles. The Morgan fingerprint density at radius 3 is 2.68 bits per heavy atom. The van der Waals surface area contributed by atoms with E-state index in [-0.39, 0.29) is 0 Å². The van der Waals surface area contributed by atoms with E-state index in [9.17, 15) is 4.79 Å². The Kier molecular flexibility index (Phi) is 5.00. The first-order valence-electron chi connectivity index (χ1n) is 7.47. The van der Waals surface area contributed by atoms with Gasteiger partial charge in [0.05, 0.1) is 5.56 Å². The molecule has 0 aromatic heterocycles. The van der Waals surface area contributed by atoms with Crippen LogP contribution in [0.2, 0.25) is 0 Å². The third kappa shape index (κ3) is 4.38. The Balaban J connectivity index is 1.76. The first-order chi connectivity index (χ1) is 9.15. The molecule has 0 amide bonds.